The summed E-state index contributed by atoms with van der Waals surface area (Å²) in [6.45, 7) is 1.55. The van der Waals surface area contributed by atoms with Crippen molar-refractivity contribution in [2.24, 2.45) is 5.92 Å². The van der Waals surface area contributed by atoms with Crippen LogP contribution in [0.25, 0.3) is 10.8 Å². The fourth-order valence-electron chi connectivity index (χ4n) is 3.45. The second kappa shape index (κ2) is 7.92. The molecule has 3 rings (SSSR count). The second-order valence-electron chi connectivity index (χ2n) is 7.20. The third-order valence-electron chi connectivity index (χ3n) is 4.98. The number of benzene rings is 2. The molecule has 0 spiro atoms. The number of hydrogen-bond acceptors (Lipinski definition) is 4. The molecule has 0 atom stereocenters. The van der Waals surface area contributed by atoms with Gasteiger partial charge in [0.25, 0.3) is 10.1 Å². The molecule has 1 aliphatic rings. The SMILES string of the molecule is CC1CCC(Oc2ccc3ccc(COS(C)(=O)=O)cc3c2CF)CC1. The molecule has 1 saturated carbocycles. The minimum absolute atomic E-state index is 0.0634. The molecule has 6 heteroatoms. The fourth-order valence-corrected chi connectivity index (χ4v) is 3.80. The van der Waals surface area contributed by atoms with Gasteiger partial charge >= 0.3 is 0 Å². The Morgan fingerprint density at radius 3 is 2.46 bits per heavy atom. The quantitative estimate of drug-likeness (QED) is 0.679. The van der Waals surface area contributed by atoms with E-state index >= 15 is 0 Å². The highest BCUT2D eigenvalue weighted by atomic mass is 32.2. The Labute approximate surface area is 154 Å². The number of rotatable bonds is 6. The van der Waals surface area contributed by atoms with Crippen molar-refractivity contribution in [3.8, 4) is 5.75 Å². The average Bonchev–Trinajstić information content (AvgIpc) is 2.61. The van der Waals surface area contributed by atoms with E-state index in [4.69, 9.17) is 8.92 Å². The molecule has 0 bridgehead atoms. The predicted octanol–water partition coefficient (Wildman–Crippen LogP) is 4.74. The van der Waals surface area contributed by atoms with Crippen LogP contribution in [0.1, 0.15) is 43.7 Å². The molecule has 2 aromatic rings. The maximum atomic E-state index is 13.8. The van der Waals surface area contributed by atoms with E-state index < -0.39 is 16.8 Å². The highest BCUT2D eigenvalue weighted by molar-refractivity contribution is 7.85. The highest BCUT2D eigenvalue weighted by Gasteiger charge is 2.21. The van der Waals surface area contributed by atoms with E-state index in [1.807, 2.05) is 18.2 Å². The largest absolute Gasteiger partial charge is 0.490 e. The Kier molecular flexibility index (Phi) is 5.82. The lowest BCUT2D eigenvalue weighted by Gasteiger charge is -2.27. The molecule has 0 saturated heterocycles. The van der Waals surface area contributed by atoms with E-state index in [0.29, 0.717) is 16.9 Å². The first kappa shape index (κ1) is 19.1. The third-order valence-corrected chi connectivity index (χ3v) is 5.53. The van der Waals surface area contributed by atoms with Gasteiger partial charge in [0.15, 0.2) is 0 Å². The molecule has 0 amide bonds. The van der Waals surface area contributed by atoms with Crippen LogP contribution in [-0.4, -0.2) is 20.8 Å². The van der Waals surface area contributed by atoms with E-state index in [1.165, 1.54) is 0 Å². The van der Waals surface area contributed by atoms with Crippen molar-refractivity contribution in [1.82, 2.24) is 0 Å². The summed E-state index contributed by atoms with van der Waals surface area (Å²) in [5.74, 6) is 1.31. The van der Waals surface area contributed by atoms with Crippen molar-refractivity contribution in [3.05, 3.63) is 41.5 Å². The lowest BCUT2D eigenvalue weighted by Crippen LogP contribution is -2.23. The normalized spacial score (nSPS) is 21.0. The summed E-state index contributed by atoms with van der Waals surface area (Å²) < 4.78 is 47.2. The van der Waals surface area contributed by atoms with Crippen molar-refractivity contribution in [1.29, 1.82) is 0 Å². The summed E-state index contributed by atoms with van der Waals surface area (Å²) >= 11 is 0. The summed E-state index contributed by atoms with van der Waals surface area (Å²) in [6.07, 6.45) is 5.40. The van der Waals surface area contributed by atoms with Crippen LogP contribution >= 0.6 is 0 Å². The van der Waals surface area contributed by atoms with Crippen molar-refractivity contribution in [2.75, 3.05) is 6.26 Å². The molecule has 1 fully saturated rings. The zero-order valence-electron chi connectivity index (χ0n) is 15.2. The molecule has 0 N–H and O–H groups in total. The zero-order chi connectivity index (χ0) is 18.7. The van der Waals surface area contributed by atoms with Gasteiger partial charge in [-0.25, -0.2) is 4.39 Å². The minimum Gasteiger partial charge on any atom is -0.490 e. The smallest absolute Gasteiger partial charge is 0.264 e. The predicted molar refractivity (Wildman–Crippen MR) is 100 cm³/mol. The van der Waals surface area contributed by atoms with Crippen LogP contribution in [0.5, 0.6) is 5.75 Å². The van der Waals surface area contributed by atoms with Gasteiger partial charge in [0, 0.05) is 5.56 Å². The Hall–Kier alpha value is -1.66. The standard InChI is InChI=1S/C20H25FO4S/c1-14-3-8-17(9-4-14)25-20-10-7-16-6-5-15(13-24-26(2,22)23)11-18(16)19(20)12-21/h5-7,10-11,14,17H,3-4,8-9,12-13H2,1-2H3. The van der Waals surface area contributed by atoms with Crippen LogP contribution in [0.2, 0.25) is 0 Å². The average molecular weight is 380 g/mol. The molecule has 0 heterocycles. The molecule has 0 radical (unpaired) electrons. The van der Waals surface area contributed by atoms with Gasteiger partial charge in [0.1, 0.15) is 12.4 Å². The Morgan fingerprint density at radius 2 is 1.81 bits per heavy atom. The first-order valence-corrected chi connectivity index (χ1v) is 10.8. The number of ether oxygens (including phenoxy) is 1. The summed E-state index contributed by atoms with van der Waals surface area (Å²) in [5, 5.41) is 1.63. The first-order valence-electron chi connectivity index (χ1n) is 8.97. The van der Waals surface area contributed by atoms with Crippen molar-refractivity contribution >= 4 is 20.9 Å². The van der Waals surface area contributed by atoms with Crippen molar-refractivity contribution < 1.29 is 21.7 Å². The van der Waals surface area contributed by atoms with Crippen LogP contribution in [-0.2, 0) is 27.6 Å². The minimum atomic E-state index is -3.52. The van der Waals surface area contributed by atoms with Crippen LogP contribution in [0.15, 0.2) is 30.3 Å². The van der Waals surface area contributed by atoms with Gasteiger partial charge in [-0.1, -0.05) is 25.1 Å². The van der Waals surface area contributed by atoms with Gasteiger partial charge in [0.05, 0.1) is 19.0 Å². The molecule has 1 aliphatic carbocycles. The molecule has 2 aromatic carbocycles. The maximum Gasteiger partial charge on any atom is 0.264 e. The van der Waals surface area contributed by atoms with Gasteiger partial charge in [-0.3, -0.25) is 4.18 Å². The van der Waals surface area contributed by atoms with E-state index in [-0.39, 0.29) is 12.7 Å². The van der Waals surface area contributed by atoms with Crippen LogP contribution in [0.3, 0.4) is 0 Å². The van der Waals surface area contributed by atoms with Crippen molar-refractivity contribution in [2.45, 2.75) is 52.0 Å². The second-order valence-corrected chi connectivity index (χ2v) is 8.84. The molecule has 0 unspecified atom stereocenters. The van der Waals surface area contributed by atoms with Crippen LogP contribution < -0.4 is 4.74 Å². The summed E-state index contributed by atoms with van der Waals surface area (Å²) in [6, 6.07) is 9.17. The van der Waals surface area contributed by atoms with E-state index in [2.05, 4.69) is 6.92 Å². The van der Waals surface area contributed by atoms with Gasteiger partial charge in [-0.05, 0) is 60.1 Å². The Morgan fingerprint density at radius 1 is 1.12 bits per heavy atom. The molecule has 26 heavy (non-hydrogen) atoms. The Bertz CT molecular complexity index is 871. The van der Waals surface area contributed by atoms with E-state index in [9.17, 15) is 12.8 Å². The maximum absolute atomic E-state index is 13.8. The summed E-state index contributed by atoms with van der Waals surface area (Å²) in [4.78, 5) is 0. The summed E-state index contributed by atoms with van der Waals surface area (Å²) in [5.41, 5.74) is 1.20. The lowest BCUT2D eigenvalue weighted by molar-refractivity contribution is 0.133. The highest BCUT2D eigenvalue weighted by Crippen LogP contribution is 2.33. The molecule has 0 aliphatic heterocycles. The number of hydrogen-bond donors (Lipinski definition) is 0. The molecular weight excluding hydrogens is 355 g/mol. The summed E-state index contributed by atoms with van der Waals surface area (Å²) in [7, 11) is -3.52. The van der Waals surface area contributed by atoms with Crippen LogP contribution in [0.4, 0.5) is 4.39 Å². The molecular formula is C20H25FO4S. The van der Waals surface area contributed by atoms with Gasteiger partial charge in [-0.15, -0.1) is 0 Å². The van der Waals surface area contributed by atoms with Crippen molar-refractivity contribution in [3.63, 3.8) is 0 Å². The molecule has 142 valence electrons. The van der Waals surface area contributed by atoms with Crippen LogP contribution in [0, 0.1) is 5.92 Å². The van der Waals surface area contributed by atoms with E-state index in [1.54, 1.807) is 12.1 Å². The number of halogens is 1. The topological polar surface area (TPSA) is 52.6 Å². The first-order chi connectivity index (χ1) is 12.4. The van der Waals surface area contributed by atoms with E-state index in [0.717, 1.165) is 48.6 Å². The third kappa shape index (κ3) is 4.74. The molecule has 4 nitrogen and oxygen atoms in total. The lowest BCUT2D eigenvalue weighted by atomic mass is 9.89. The number of fused-ring (bicyclic) bond motifs is 1. The molecule has 0 aromatic heterocycles. The Balaban J connectivity index is 1.87. The van der Waals surface area contributed by atoms with Gasteiger partial charge < -0.3 is 4.74 Å². The fraction of sp³-hybridized carbons (Fsp3) is 0.500. The van der Waals surface area contributed by atoms with Gasteiger partial charge in [0.2, 0.25) is 0 Å². The van der Waals surface area contributed by atoms with Gasteiger partial charge in [-0.2, -0.15) is 8.42 Å². The monoisotopic (exact) mass is 380 g/mol. The number of alkyl halides is 1. The zero-order valence-corrected chi connectivity index (χ0v) is 16.0.